The van der Waals surface area contributed by atoms with E-state index in [4.69, 9.17) is 4.99 Å². The van der Waals surface area contributed by atoms with Crippen LogP contribution >= 0.6 is 0 Å². The van der Waals surface area contributed by atoms with Crippen molar-refractivity contribution in [2.24, 2.45) is 4.99 Å². The van der Waals surface area contributed by atoms with Crippen LogP contribution in [0.25, 0.3) is 11.0 Å². The zero-order valence-corrected chi connectivity index (χ0v) is 17.1. The predicted molar refractivity (Wildman–Crippen MR) is 121 cm³/mol. The first-order chi connectivity index (χ1) is 16.0. The quantitative estimate of drug-likeness (QED) is 0.336. The molecule has 1 aromatic heterocycles. The lowest BCUT2D eigenvalue weighted by atomic mass is 10.2. The van der Waals surface area contributed by atoms with Gasteiger partial charge in [0, 0.05) is 6.20 Å². The van der Waals surface area contributed by atoms with Crippen molar-refractivity contribution in [2.75, 3.05) is 5.01 Å². The van der Waals surface area contributed by atoms with Gasteiger partial charge in [0.25, 0.3) is 0 Å². The van der Waals surface area contributed by atoms with Crippen LogP contribution in [0.4, 0.5) is 24.5 Å². The highest BCUT2D eigenvalue weighted by Crippen LogP contribution is 2.32. The van der Waals surface area contributed by atoms with E-state index in [0.717, 1.165) is 17.6 Å². The minimum atomic E-state index is -4.44. The number of hydrogen-bond donors (Lipinski definition) is 1. The van der Waals surface area contributed by atoms with Crippen molar-refractivity contribution in [3.8, 4) is 0 Å². The summed E-state index contributed by atoms with van der Waals surface area (Å²) in [4.78, 5) is 4.77. The number of anilines is 1. The summed E-state index contributed by atoms with van der Waals surface area (Å²) in [7, 11) is 0. The molecule has 0 spiro atoms. The van der Waals surface area contributed by atoms with E-state index in [2.05, 4.69) is 15.7 Å². The Labute approximate surface area is 186 Å². The number of para-hydroxylation sites is 2. The monoisotopic (exact) mass is 446 g/mol. The van der Waals surface area contributed by atoms with Crippen LogP contribution in [0.15, 0.2) is 108 Å². The molecule has 9 heteroatoms. The Morgan fingerprint density at radius 2 is 1.70 bits per heavy atom. The molecular weight excluding hydrogens is 429 g/mol. The lowest BCUT2D eigenvalue weighted by Gasteiger charge is -2.27. The van der Waals surface area contributed by atoms with Crippen molar-refractivity contribution in [1.82, 2.24) is 20.4 Å². The van der Waals surface area contributed by atoms with Gasteiger partial charge in [-0.15, -0.1) is 5.10 Å². The van der Waals surface area contributed by atoms with Crippen LogP contribution in [0.1, 0.15) is 5.56 Å². The summed E-state index contributed by atoms with van der Waals surface area (Å²) in [5, 5.41) is 9.99. The molecule has 0 amide bonds. The van der Waals surface area contributed by atoms with E-state index >= 15 is 0 Å². The minimum absolute atomic E-state index is 0.328. The van der Waals surface area contributed by atoms with Gasteiger partial charge in [-0.05, 0) is 54.6 Å². The zero-order valence-electron chi connectivity index (χ0n) is 17.1. The Kier molecular flexibility index (Phi) is 5.14. The summed E-state index contributed by atoms with van der Waals surface area (Å²) in [6.07, 6.45) is 0.709. The fourth-order valence-electron chi connectivity index (χ4n) is 3.41. The normalized spacial score (nSPS) is 14.3. The first kappa shape index (κ1) is 20.5. The second-order valence-corrected chi connectivity index (χ2v) is 7.21. The maximum Gasteiger partial charge on any atom is 0.416 e. The van der Waals surface area contributed by atoms with Gasteiger partial charge >= 0.3 is 6.18 Å². The molecular formula is C24H17F3N6. The number of aromatic nitrogens is 3. The number of nitrogens with zero attached hydrogens (tertiary/aromatic N) is 5. The van der Waals surface area contributed by atoms with E-state index in [0.29, 0.717) is 28.4 Å². The molecule has 3 aromatic carbocycles. The lowest BCUT2D eigenvalue weighted by molar-refractivity contribution is -0.137. The first-order valence-corrected chi connectivity index (χ1v) is 10.1. The van der Waals surface area contributed by atoms with E-state index in [9.17, 15) is 13.2 Å². The van der Waals surface area contributed by atoms with Crippen molar-refractivity contribution < 1.29 is 13.2 Å². The van der Waals surface area contributed by atoms with Gasteiger partial charge < -0.3 is 0 Å². The van der Waals surface area contributed by atoms with Crippen molar-refractivity contribution in [3.05, 3.63) is 108 Å². The Morgan fingerprint density at radius 1 is 0.909 bits per heavy atom. The van der Waals surface area contributed by atoms with Gasteiger partial charge in [-0.1, -0.05) is 41.6 Å². The number of rotatable bonds is 3. The SMILES string of the molecule is FC(F)(F)c1cccc(N2C=CC=C(C(=Nc3ccccc3)n3nnc4ccccc43)N2)c1. The average Bonchev–Trinajstić information content (AvgIpc) is 3.27. The summed E-state index contributed by atoms with van der Waals surface area (Å²) >= 11 is 0. The zero-order chi connectivity index (χ0) is 22.8. The molecule has 5 rings (SSSR count). The second kappa shape index (κ2) is 8.27. The molecule has 0 fully saturated rings. The molecule has 0 bridgehead atoms. The fraction of sp³-hybridized carbons (Fsp3) is 0.0417. The Morgan fingerprint density at radius 3 is 2.52 bits per heavy atom. The molecule has 0 unspecified atom stereocenters. The molecule has 1 aliphatic heterocycles. The van der Waals surface area contributed by atoms with E-state index < -0.39 is 11.7 Å². The van der Waals surface area contributed by atoms with Gasteiger partial charge in [-0.3, -0.25) is 10.4 Å². The van der Waals surface area contributed by atoms with Crippen molar-refractivity contribution in [2.45, 2.75) is 6.18 Å². The molecule has 1 N–H and O–H groups in total. The molecule has 164 valence electrons. The number of nitrogens with one attached hydrogen (secondary N) is 1. The number of alkyl halides is 3. The molecule has 0 radical (unpaired) electrons. The van der Waals surface area contributed by atoms with Gasteiger partial charge in [0.1, 0.15) is 5.52 Å². The largest absolute Gasteiger partial charge is 0.416 e. The Bertz CT molecular complexity index is 1390. The Hall–Kier alpha value is -4.40. The van der Waals surface area contributed by atoms with Gasteiger partial charge in [0.05, 0.1) is 28.2 Å². The molecule has 0 atom stereocenters. The molecule has 2 heterocycles. The number of hydrogen-bond acceptors (Lipinski definition) is 5. The minimum Gasteiger partial charge on any atom is -0.291 e. The summed E-state index contributed by atoms with van der Waals surface area (Å²) in [5.74, 6) is 0.441. The van der Waals surface area contributed by atoms with Gasteiger partial charge in [0.2, 0.25) is 0 Å². The van der Waals surface area contributed by atoms with E-state index in [1.54, 1.807) is 29.1 Å². The third-order valence-corrected chi connectivity index (χ3v) is 4.98. The summed E-state index contributed by atoms with van der Waals surface area (Å²) in [5.41, 5.74) is 5.41. The molecule has 0 saturated heterocycles. The average molecular weight is 446 g/mol. The third kappa shape index (κ3) is 4.20. The van der Waals surface area contributed by atoms with E-state index in [-0.39, 0.29) is 0 Å². The predicted octanol–water partition coefficient (Wildman–Crippen LogP) is 5.45. The smallest absolute Gasteiger partial charge is 0.291 e. The maximum atomic E-state index is 13.2. The summed E-state index contributed by atoms with van der Waals surface area (Å²) < 4.78 is 41.2. The van der Waals surface area contributed by atoms with Crippen LogP contribution in [0.5, 0.6) is 0 Å². The molecule has 4 aromatic rings. The number of aliphatic imine (C=N–C) groups is 1. The Balaban J connectivity index is 1.56. The number of benzene rings is 3. The van der Waals surface area contributed by atoms with Crippen molar-refractivity contribution in [1.29, 1.82) is 0 Å². The number of halogens is 3. The van der Waals surface area contributed by atoms with Gasteiger partial charge in [-0.25, -0.2) is 4.99 Å². The summed E-state index contributed by atoms with van der Waals surface area (Å²) in [6, 6.07) is 21.9. The highest BCUT2D eigenvalue weighted by molar-refractivity contribution is 6.05. The first-order valence-electron chi connectivity index (χ1n) is 10.1. The second-order valence-electron chi connectivity index (χ2n) is 7.21. The van der Waals surface area contributed by atoms with E-state index in [1.807, 2.05) is 54.6 Å². The van der Waals surface area contributed by atoms with Crippen LogP contribution in [0.2, 0.25) is 0 Å². The molecule has 33 heavy (non-hydrogen) atoms. The fourth-order valence-corrected chi connectivity index (χ4v) is 3.41. The van der Waals surface area contributed by atoms with Crippen molar-refractivity contribution in [3.63, 3.8) is 0 Å². The van der Waals surface area contributed by atoms with Crippen LogP contribution in [-0.2, 0) is 6.18 Å². The number of hydrazine groups is 1. The van der Waals surface area contributed by atoms with Crippen LogP contribution in [-0.4, -0.2) is 20.8 Å². The number of allylic oxidation sites excluding steroid dienone is 3. The molecule has 6 nitrogen and oxygen atoms in total. The van der Waals surface area contributed by atoms with E-state index in [1.165, 1.54) is 11.1 Å². The maximum absolute atomic E-state index is 13.2. The molecule has 0 saturated carbocycles. The van der Waals surface area contributed by atoms with Gasteiger partial charge in [-0.2, -0.15) is 17.9 Å². The summed E-state index contributed by atoms with van der Waals surface area (Å²) in [6.45, 7) is 0. The van der Waals surface area contributed by atoms with Gasteiger partial charge in [0.15, 0.2) is 5.84 Å². The highest BCUT2D eigenvalue weighted by atomic mass is 19.4. The van der Waals surface area contributed by atoms with Crippen LogP contribution < -0.4 is 10.4 Å². The standard InChI is InChI=1S/C24H17F3N6/c25-24(26,27)17-8-6-11-19(16-17)32-15-7-13-21(30-32)23(28-18-9-2-1-3-10-18)33-22-14-5-4-12-20(22)29-31-33/h1-16,30H. The molecule has 1 aliphatic rings. The topological polar surface area (TPSA) is 58.3 Å². The van der Waals surface area contributed by atoms with Crippen molar-refractivity contribution >= 4 is 28.2 Å². The third-order valence-electron chi connectivity index (χ3n) is 4.98. The number of fused-ring (bicyclic) bond motifs is 1. The van der Waals surface area contributed by atoms with Crippen LogP contribution in [0, 0.1) is 0 Å². The lowest BCUT2D eigenvalue weighted by Crippen LogP contribution is -2.39. The van der Waals surface area contributed by atoms with Crippen LogP contribution in [0.3, 0.4) is 0 Å². The molecule has 0 aliphatic carbocycles. The highest BCUT2D eigenvalue weighted by Gasteiger charge is 2.31.